The first-order chi connectivity index (χ1) is 8.21. The SMILES string of the molecule is CN1CCN(C(=O)/C([O-])=C/C(=O)C(C)(C)C)CC1. The van der Waals surface area contributed by atoms with E-state index in [2.05, 4.69) is 4.90 Å². The van der Waals surface area contributed by atoms with Crippen molar-refractivity contribution in [3.63, 3.8) is 0 Å². The van der Waals surface area contributed by atoms with Crippen molar-refractivity contribution in [3.8, 4) is 0 Å². The van der Waals surface area contributed by atoms with Crippen molar-refractivity contribution in [1.82, 2.24) is 9.80 Å². The highest BCUT2D eigenvalue weighted by Crippen LogP contribution is 2.16. The minimum atomic E-state index is -0.709. The van der Waals surface area contributed by atoms with E-state index in [1.807, 2.05) is 7.05 Å². The molecule has 1 fully saturated rings. The number of hydrogen-bond donors (Lipinski definition) is 0. The Bertz CT molecular complexity index is 361. The average molecular weight is 253 g/mol. The normalized spacial score (nSPS) is 18.9. The Morgan fingerprint density at radius 1 is 1.11 bits per heavy atom. The summed E-state index contributed by atoms with van der Waals surface area (Å²) in [4.78, 5) is 27.1. The monoisotopic (exact) mass is 253 g/mol. The van der Waals surface area contributed by atoms with E-state index in [0.29, 0.717) is 13.1 Å². The van der Waals surface area contributed by atoms with Crippen LogP contribution < -0.4 is 5.11 Å². The quantitative estimate of drug-likeness (QED) is 0.497. The van der Waals surface area contributed by atoms with Gasteiger partial charge in [0.25, 0.3) is 0 Å². The van der Waals surface area contributed by atoms with Crippen LogP contribution in [0, 0.1) is 5.41 Å². The highest BCUT2D eigenvalue weighted by molar-refractivity contribution is 6.01. The molecule has 1 amide bonds. The molecule has 0 aromatic carbocycles. The van der Waals surface area contributed by atoms with Crippen LogP contribution in [-0.2, 0) is 9.59 Å². The molecule has 1 aliphatic rings. The summed E-state index contributed by atoms with van der Waals surface area (Å²) in [6.45, 7) is 7.76. The van der Waals surface area contributed by atoms with Gasteiger partial charge in [0.05, 0.1) is 0 Å². The second kappa shape index (κ2) is 5.52. The Labute approximate surface area is 108 Å². The zero-order valence-electron chi connectivity index (χ0n) is 11.5. The number of carbonyl (C=O) groups excluding carboxylic acids is 2. The van der Waals surface area contributed by atoms with Crippen molar-refractivity contribution in [1.29, 1.82) is 0 Å². The molecule has 0 saturated carbocycles. The number of piperazine rings is 1. The zero-order valence-corrected chi connectivity index (χ0v) is 11.5. The molecule has 5 heteroatoms. The second-order valence-corrected chi connectivity index (χ2v) is 5.72. The number of nitrogens with zero attached hydrogens (tertiary/aromatic N) is 2. The molecular weight excluding hydrogens is 232 g/mol. The molecular formula is C13H21N2O3-. The Kier molecular flexibility index (Phi) is 4.51. The number of allylic oxidation sites excluding steroid dienone is 1. The van der Waals surface area contributed by atoms with Crippen LogP contribution in [-0.4, -0.2) is 54.7 Å². The second-order valence-electron chi connectivity index (χ2n) is 5.72. The summed E-state index contributed by atoms with van der Waals surface area (Å²) in [5.41, 5.74) is -0.627. The Balaban J connectivity index is 2.67. The first kappa shape index (κ1) is 14.7. The fourth-order valence-electron chi connectivity index (χ4n) is 1.56. The smallest absolute Gasteiger partial charge is 0.238 e. The topological polar surface area (TPSA) is 63.7 Å². The summed E-state index contributed by atoms with van der Waals surface area (Å²) < 4.78 is 0. The summed E-state index contributed by atoms with van der Waals surface area (Å²) in [6, 6.07) is 0. The first-order valence-corrected chi connectivity index (χ1v) is 6.13. The summed E-state index contributed by atoms with van der Waals surface area (Å²) in [6.07, 6.45) is 0.931. The van der Waals surface area contributed by atoms with E-state index in [4.69, 9.17) is 0 Å². The van der Waals surface area contributed by atoms with Gasteiger partial charge in [-0.3, -0.25) is 9.59 Å². The molecule has 1 saturated heterocycles. The van der Waals surface area contributed by atoms with E-state index in [-0.39, 0.29) is 5.78 Å². The summed E-state index contributed by atoms with van der Waals surface area (Å²) in [5.74, 6) is -1.59. The maximum Gasteiger partial charge on any atom is 0.238 e. The highest BCUT2D eigenvalue weighted by atomic mass is 16.3. The standard InChI is InChI=1S/C13H22N2O3/c1-13(2,3)11(17)9-10(16)12(18)15-7-5-14(4)6-8-15/h9,16H,5-8H2,1-4H3/p-1/b10-9-. The number of carbonyl (C=O) groups is 2. The van der Waals surface area contributed by atoms with Crippen LogP contribution in [0.4, 0.5) is 0 Å². The van der Waals surface area contributed by atoms with Crippen LogP contribution in [0.5, 0.6) is 0 Å². The maximum absolute atomic E-state index is 11.8. The van der Waals surface area contributed by atoms with E-state index < -0.39 is 17.1 Å². The molecule has 0 N–H and O–H groups in total. The third-order valence-corrected chi connectivity index (χ3v) is 3.00. The lowest BCUT2D eigenvalue weighted by molar-refractivity contribution is -0.301. The fraction of sp³-hybridized carbons (Fsp3) is 0.692. The molecule has 0 radical (unpaired) electrons. The van der Waals surface area contributed by atoms with Gasteiger partial charge in [-0.2, -0.15) is 0 Å². The molecule has 0 spiro atoms. The van der Waals surface area contributed by atoms with Gasteiger partial charge in [0.1, 0.15) is 0 Å². The molecule has 0 bridgehead atoms. The van der Waals surface area contributed by atoms with Gasteiger partial charge < -0.3 is 14.9 Å². The van der Waals surface area contributed by atoms with Crippen molar-refractivity contribution in [3.05, 3.63) is 11.8 Å². The fourth-order valence-corrected chi connectivity index (χ4v) is 1.56. The van der Waals surface area contributed by atoms with Crippen molar-refractivity contribution >= 4 is 11.7 Å². The zero-order chi connectivity index (χ0) is 13.9. The molecule has 0 aromatic rings. The molecule has 102 valence electrons. The van der Waals surface area contributed by atoms with Crippen LogP contribution in [0.2, 0.25) is 0 Å². The van der Waals surface area contributed by atoms with Gasteiger partial charge in [-0.1, -0.05) is 20.8 Å². The third kappa shape index (κ3) is 3.84. The maximum atomic E-state index is 11.8. The average Bonchev–Trinajstić information content (AvgIpc) is 2.27. The number of amides is 1. The first-order valence-electron chi connectivity index (χ1n) is 6.13. The van der Waals surface area contributed by atoms with Crippen LogP contribution >= 0.6 is 0 Å². The minimum absolute atomic E-state index is 0.310. The van der Waals surface area contributed by atoms with Crippen molar-refractivity contribution in [2.75, 3.05) is 33.2 Å². The van der Waals surface area contributed by atoms with E-state index in [9.17, 15) is 14.7 Å². The predicted octanol–water partition coefficient (Wildman–Crippen LogP) is -0.380. The lowest BCUT2D eigenvalue weighted by Crippen LogP contribution is -2.48. The van der Waals surface area contributed by atoms with Gasteiger partial charge >= 0.3 is 0 Å². The molecule has 1 aliphatic heterocycles. The van der Waals surface area contributed by atoms with E-state index in [1.54, 1.807) is 20.8 Å². The molecule has 0 atom stereocenters. The molecule has 0 aromatic heterocycles. The summed E-state index contributed by atoms with van der Waals surface area (Å²) >= 11 is 0. The Morgan fingerprint density at radius 2 is 1.61 bits per heavy atom. The van der Waals surface area contributed by atoms with Crippen molar-refractivity contribution in [2.24, 2.45) is 5.41 Å². The largest absolute Gasteiger partial charge is 0.869 e. The molecule has 1 rings (SSSR count). The minimum Gasteiger partial charge on any atom is -0.869 e. The van der Waals surface area contributed by atoms with Crippen molar-refractivity contribution < 1.29 is 14.7 Å². The highest BCUT2D eigenvalue weighted by Gasteiger charge is 2.22. The van der Waals surface area contributed by atoms with E-state index >= 15 is 0 Å². The van der Waals surface area contributed by atoms with Crippen LogP contribution in [0.1, 0.15) is 20.8 Å². The summed E-state index contributed by atoms with van der Waals surface area (Å²) in [7, 11) is 1.97. The molecule has 1 heterocycles. The van der Waals surface area contributed by atoms with Crippen molar-refractivity contribution in [2.45, 2.75) is 20.8 Å². The van der Waals surface area contributed by atoms with Crippen LogP contribution in [0.15, 0.2) is 11.8 Å². The van der Waals surface area contributed by atoms with Gasteiger partial charge in [0.2, 0.25) is 5.91 Å². The Hall–Kier alpha value is -1.36. The number of likely N-dealkylation sites (N-methyl/N-ethyl adjacent to an activating group) is 1. The van der Waals surface area contributed by atoms with Crippen LogP contribution in [0.25, 0.3) is 0 Å². The van der Waals surface area contributed by atoms with Gasteiger partial charge in [-0.15, -0.1) is 0 Å². The third-order valence-electron chi connectivity index (χ3n) is 3.00. The molecule has 5 nitrogen and oxygen atoms in total. The number of rotatable bonds is 2. The van der Waals surface area contributed by atoms with Crippen LogP contribution in [0.3, 0.4) is 0 Å². The summed E-state index contributed by atoms with van der Waals surface area (Å²) in [5, 5.41) is 11.7. The lowest BCUT2D eigenvalue weighted by atomic mass is 9.90. The van der Waals surface area contributed by atoms with E-state index in [0.717, 1.165) is 19.2 Å². The molecule has 0 unspecified atom stereocenters. The molecule has 18 heavy (non-hydrogen) atoms. The lowest BCUT2D eigenvalue weighted by Gasteiger charge is -2.34. The Morgan fingerprint density at radius 3 is 2.06 bits per heavy atom. The number of ketones is 1. The van der Waals surface area contributed by atoms with Gasteiger partial charge in [0, 0.05) is 31.6 Å². The predicted molar refractivity (Wildman–Crippen MR) is 66.6 cm³/mol. The molecule has 0 aliphatic carbocycles. The van der Waals surface area contributed by atoms with E-state index in [1.165, 1.54) is 4.90 Å². The van der Waals surface area contributed by atoms with Gasteiger partial charge in [-0.25, -0.2) is 0 Å². The number of hydrogen-bond acceptors (Lipinski definition) is 4. The van der Waals surface area contributed by atoms with Gasteiger partial charge in [0.15, 0.2) is 5.78 Å². The van der Waals surface area contributed by atoms with Gasteiger partial charge in [-0.05, 0) is 18.9 Å².